The second-order valence-corrected chi connectivity index (χ2v) is 8.37. The van der Waals surface area contributed by atoms with Crippen LogP contribution in [0.3, 0.4) is 0 Å². The van der Waals surface area contributed by atoms with Crippen molar-refractivity contribution < 1.29 is 37.7 Å². The number of ketones is 1. The van der Waals surface area contributed by atoms with E-state index in [9.17, 15) is 23.5 Å². The average molecular weight is 530 g/mol. The molecule has 0 aliphatic carbocycles. The van der Waals surface area contributed by atoms with Gasteiger partial charge >= 0.3 is 0 Å². The number of hydrogen-bond acceptors (Lipinski definition) is 6. The Morgan fingerprint density at radius 2 is 1.73 bits per heavy atom. The van der Waals surface area contributed by atoms with Crippen molar-refractivity contribution in [3.05, 3.63) is 88.0 Å². The Balaban J connectivity index is 2.01. The molecule has 0 saturated carbocycles. The molecule has 1 saturated heterocycles. The van der Waals surface area contributed by atoms with Gasteiger partial charge in [0.1, 0.15) is 23.0 Å². The average Bonchev–Trinajstić information content (AvgIpc) is 3.15. The molecule has 4 rings (SSSR count). The minimum Gasteiger partial charge on any atom is -0.507 e. The van der Waals surface area contributed by atoms with E-state index >= 15 is 0 Å². The first-order chi connectivity index (χ1) is 17.7. The van der Waals surface area contributed by atoms with Gasteiger partial charge in [-0.3, -0.25) is 14.5 Å². The number of benzene rings is 3. The molecule has 192 valence electrons. The van der Waals surface area contributed by atoms with Crippen LogP contribution < -0.4 is 19.1 Å². The van der Waals surface area contributed by atoms with Crippen LogP contribution >= 0.6 is 11.6 Å². The number of nitrogens with zero attached hydrogens (tertiary/aromatic N) is 1. The summed E-state index contributed by atoms with van der Waals surface area (Å²) in [6.07, 6.45) is 0. The number of Topliss-reactive ketones (excluding diaryl/α,β-unsaturated/α-hetero) is 1. The van der Waals surface area contributed by atoms with Crippen molar-refractivity contribution in [2.24, 2.45) is 0 Å². The standard InChI is InChI=1S/C27H22ClF2NO6/c1-4-37-16-7-5-6-14(10-16)24-23(25(32)17-12-22(36-3)18(28)13-21(17)35-2)26(33)27(34)31(24)15-8-9-19(29)20(30)11-15/h5-13,24,32H,4H2,1-3H3/b25-23+. The molecule has 1 heterocycles. The highest BCUT2D eigenvalue weighted by molar-refractivity contribution is 6.51. The molecule has 1 aliphatic rings. The second kappa shape index (κ2) is 10.5. The largest absolute Gasteiger partial charge is 0.507 e. The number of carbonyl (C=O) groups is 2. The summed E-state index contributed by atoms with van der Waals surface area (Å²) in [5.41, 5.74) is 0.0490. The molecule has 37 heavy (non-hydrogen) atoms. The summed E-state index contributed by atoms with van der Waals surface area (Å²) in [5.74, 6) is -4.22. The number of aliphatic hydroxyl groups is 1. The predicted molar refractivity (Wildman–Crippen MR) is 133 cm³/mol. The van der Waals surface area contributed by atoms with Crippen LogP contribution in [0.2, 0.25) is 5.02 Å². The molecule has 1 amide bonds. The Morgan fingerprint density at radius 1 is 1.00 bits per heavy atom. The molecule has 1 unspecified atom stereocenters. The molecule has 1 atom stereocenters. The Bertz CT molecular complexity index is 1420. The molecular weight excluding hydrogens is 508 g/mol. The van der Waals surface area contributed by atoms with Crippen LogP contribution in [-0.2, 0) is 9.59 Å². The molecular formula is C27H22ClF2NO6. The van der Waals surface area contributed by atoms with Gasteiger partial charge in [-0.2, -0.15) is 0 Å². The summed E-state index contributed by atoms with van der Waals surface area (Å²) < 4.78 is 44.0. The number of carbonyl (C=O) groups excluding carboxylic acids is 2. The monoisotopic (exact) mass is 529 g/mol. The van der Waals surface area contributed by atoms with Gasteiger partial charge in [0.15, 0.2) is 11.6 Å². The number of anilines is 1. The SMILES string of the molecule is CCOc1cccc(C2/C(=C(\O)c3cc(OC)c(Cl)cc3OC)C(=O)C(=O)N2c2ccc(F)c(F)c2)c1. The van der Waals surface area contributed by atoms with Crippen molar-refractivity contribution >= 4 is 34.7 Å². The third kappa shape index (κ3) is 4.70. The van der Waals surface area contributed by atoms with E-state index in [1.807, 2.05) is 0 Å². The molecule has 0 aromatic heterocycles. The molecule has 0 radical (unpaired) electrons. The fourth-order valence-electron chi connectivity index (χ4n) is 4.18. The summed E-state index contributed by atoms with van der Waals surface area (Å²) >= 11 is 6.19. The smallest absolute Gasteiger partial charge is 0.300 e. The number of aliphatic hydroxyl groups excluding tert-OH is 1. The van der Waals surface area contributed by atoms with Gasteiger partial charge in [-0.15, -0.1) is 0 Å². The van der Waals surface area contributed by atoms with Crippen molar-refractivity contribution in [3.8, 4) is 17.2 Å². The third-order valence-electron chi connectivity index (χ3n) is 5.84. The molecule has 3 aromatic rings. The lowest BCUT2D eigenvalue weighted by atomic mass is 9.94. The van der Waals surface area contributed by atoms with Crippen molar-refractivity contribution in [1.29, 1.82) is 0 Å². The van der Waals surface area contributed by atoms with Crippen LogP contribution in [0, 0.1) is 11.6 Å². The molecule has 0 bridgehead atoms. The maximum Gasteiger partial charge on any atom is 0.300 e. The number of methoxy groups -OCH3 is 2. The van der Waals surface area contributed by atoms with Crippen LogP contribution in [0.25, 0.3) is 5.76 Å². The van der Waals surface area contributed by atoms with Crippen LogP contribution in [0.1, 0.15) is 24.1 Å². The summed E-state index contributed by atoms with van der Waals surface area (Å²) in [5, 5.41) is 11.6. The van der Waals surface area contributed by atoms with Gasteiger partial charge in [0, 0.05) is 17.8 Å². The third-order valence-corrected chi connectivity index (χ3v) is 6.14. The number of rotatable bonds is 7. The van der Waals surface area contributed by atoms with Gasteiger partial charge in [0.05, 0.1) is 43.0 Å². The van der Waals surface area contributed by atoms with E-state index in [1.165, 1.54) is 32.4 Å². The number of ether oxygens (including phenoxy) is 3. The van der Waals surface area contributed by atoms with Crippen molar-refractivity contribution in [2.75, 3.05) is 25.7 Å². The Labute approximate surface area is 216 Å². The number of hydrogen-bond donors (Lipinski definition) is 1. The van der Waals surface area contributed by atoms with Crippen molar-refractivity contribution in [1.82, 2.24) is 0 Å². The fraction of sp³-hybridized carbons (Fsp3) is 0.185. The summed E-state index contributed by atoms with van der Waals surface area (Å²) in [6, 6.07) is 10.9. The van der Waals surface area contributed by atoms with E-state index in [0.29, 0.717) is 17.9 Å². The molecule has 1 fully saturated rings. The highest BCUT2D eigenvalue weighted by atomic mass is 35.5. The zero-order valence-electron chi connectivity index (χ0n) is 20.1. The topological polar surface area (TPSA) is 85.3 Å². The fourth-order valence-corrected chi connectivity index (χ4v) is 4.41. The summed E-state index contributed by atoms with van der Waals surface area (Å²) in [7, 11) is 2.72. The van der Waals surface area contributed by atoms with E-state index in [4.69, 9.17) is 25.8 Å². The lowest BCUT2D eigenvalue weighted by Crippen LogP contribution is -2.29. The van der Waals surface area contributed by atoms with Gasteiger partial charge in [0.25, 0.3) is 11.7 Å². The molecule has 1 N–H and O–H groups in total. The second-order valence-electron chi connectivity index (χ2n) is 7.96. The lowest BCUT2D eigenvalue weighted by molar-refractivity contribution is -0.132. The lowest BCUT2D eigenvalue weighted by Gasteiger charge is -2.26. The zero-order chi connectivity index (χ0) is 26.9. The van der Waals surface area contributed by atoms with E-state index in [0.717, 1.165) is 17.0 Å². The first kappa shape index (κ1) is 26.0. The maximum atomic E-state index is 14.2. The van der Waals surface area contributed by atoms with Gasteiger partial charge in [0.2, 0.25) is 0 Å². The number of amides is 1. The molecule has 1 aliphatic heterocycles. The Kier molecular flexibility index (Phi) is 7.35. The van der Waals surface area contributed by atoms with Crippen molar-refractivity contribution in [3.63, 3.8) is 0 Å². The number of halogens is 3. The predicted octanol–water partition coefficient (Wildman–Crippen LogP) is 5.66. The van der Waals surface area contributed by atoms with E-state index < -0.39 is 35.1 Å². The van der Waals surface area contributed by atoms with Gasteiger partial charge in [-0.25, -0.2) is 8.78 Å². The van der Waals surface area contributed by atoms with Gasteiger partial charge in [-0.05, 0) is 42.8 Å². The maximum absolute atomic E-state index is 14.2. The minimum absolute atomic E-state index is 0.0398. The summed E-state index contributed by atoms with van der Waals surface area (Å²) in [6.45, 7) is 2.15. The summed E-state index contributed by atoms with van der Waals surface area (Å²) in [4.78, 5) is 27.6. The van der Waals surface area contributed by atoms with Crippen LogP contribution in [0.15, 0.2) is 60.2 Å². The highest BCUT2D eigenvalue weighted by Crippen LogP contribution is 2.45. The Hall–Kier alpha value is -4.11. The van der Waals surface area contributed by atoms with E-state index in [2.05, 4.69) is 0 Å². The first-order valence-corrected chi connectivity index (χ1v) is 11.5. The van der Waals surface area contributed by atoms with Crippen molar-refractivity contribution in [2.45, 2.75) is 13.0 Å². The van der Waals surface area contributed by atoms with E-state index in [1.54, 1.807) is 31.2 Å². The molecule has 10 heteroatoms. The van der Waals surface area contributed by atoms with Gasteiger partial charge in [-0.1, -0.05) is 23.7 Å². The highest BCUT2D eigenvalue weighted by Gasteiger charge is 2.47. The first-order valence-electron chi connectivity index (χ1n) is 11.1. The van der Waals surface area contributed by atoms with Crippen LogP contribution in [0.5, 0.6) is 17.2 Å². The quantitative estimate of drug-likeness (QED) is 0.241. The molecule has 3 aromatic carbocycles. The minimum atomic E-state index is -1.21. The zero-order valence-corrected chi connectivity index (χ0v) is 20.8. The van der Waals surface area contributed by atoms with Crippen LogP contribution in [0.4, 0.5) is 14.5 Å². The van der Waals surface area contributed by atoms with Gasteiger partial charge < -0.3 is 19.3 Å². The molecule has 7 nitrogen and oxygen atoms in total. The van der Waals surface area contributed by atoms with Crippen LogP contribution in [-0.4, -0.2) is 37.6 Å². The molecule has 0 spiro atoms. The Morgan fingerprint density at radius 3 is 2.38 bits per heavy atom. The van der Waals surface area contributed by atoms with E-state index in [-0.39, 0.29) is 33.3 Å². The normalized spacial score (nSPS) is 16.7.